The minimum Gasteiger partial charge on any atom is -0.481 e. The predicted octanol–water partition coefficient (Wildman–Crippen LogP) is 4.30. The zero-order valence-electron chi connectivity index (χ0n) is 10.3. The molecule has 1 heterocycles. The second-order valence-electron chi connectivity index (χ2n) is 4.17. The maximum atomic E-state index is 6.02. The second kappa shape index (κ2) is 5.23. The third kappa shape index (κ3) is 2.53. The van der Waals surface area contributed by atoms with Crippen molar-refractivity contribution in [3.63, 3.8) is 0 Å². The van der Waals surface area contributed by atoms with Crippen LogP contribution in [0.5, 0.6) is 5.75 Å². The number of nitrogen functional groups attached to an aromatic ring is 1. The summed E-state index contributed by atoms with van der Waals surface area (Å²) in [5, 5.41) is 0.885. The van der Waals surface area contributed by atoms with Crippen molar-refractivity contribution in [1.82, 2.24) is 4.98 Å². The van der Waals surface area contributed by atoms with Gasteiger partial charge in [0, 0.05) is 5.69 Å². The summed E-state index contributed by atoms with van der Waals surface area (Å²) < 4.78 is 11.1. The van der Waals surface area contributed by atoms with Crippen molar-refractivity contribution in [3.8, 4) is 5.75 Å². The molecule has 0 radical (unpaired) electrons. The zero-order valence-corrected chi connectivity index (χ0v) is 11.8. The van der Waals surface area contributed by atoms with E-state index in [1.165, 1.54) is 0 Å². The fourth-order valence-corrected chi connectivity index (χ4v) is 2.31. The molecule has 0 aliphatic heterocycles. The Balaban J connectivity index is 1.83. The first-order chi connectivity index (χ1) is 9.63. The van der Waals surface area contributed by atoms with Crippen molar-refractivity contribution in [1.29, 1.82) is 0 Å². The molecule has 6 heteroatoms. The zero-order chi connectivity index (χ0) is 14.1. The summed E-state index contributed by atoms with van der Waals surface area (Å²) in [6.45, 7) is 0.137. The summed E-state index contributed by atoms with van der Waals surface area (Å²) in [5.74, 6) is 0.846. The van der Waals surface area contributed by atoms with Gasteiger partial charge in [0.2, 0.25) is 5.89 Å². The SMILES string of the molecule is Nc1ccc2oc(COc3c(Cl)cccc3Cl)nc2c1. The smallest absolute Gasteiger partial charge is 0.233 e. The summed E-state index contributed by atoms with van der Waals surface area (Å²) in [6, 6.07) is 10.4. The van der Waals surface area contributed by atoms with E-state index in [0.29, 0.717) is 38.5 Å². The standard InChI is InChI=1S/C14H10Cl2N2O2/c15-9-2-1-3-10(16)14(9)19-7-13-18-11-6-8(17)4-5-12(11)20-13/h1-6H,7,17H2. The number of nitrogens with two attached hydrogens (primary N) is 1. The van der Waals surface area contributed by atoms with Gasteiger partial charge in [0.25, 0.3) is 0 Å². The van der Waals surface area contributed by atoms with E-state index in [4.69, 9.17) is 38.1 Å². The topological polar surface area (TPSA) is 61.3 Å². The third-order valence-corrected chi connectivity index (χ3v) is 3.31. The van der Waals surface area contributed by atoms with Crippen molar-refractivity contribution < 1.29 is 9.15 Å². The molecule has 3 aromatic rings. The lowest BCUT2D eigenvalue weighted by molar-refractivity contribution is 0.267. The Kier molecular flexibility index (Phi) is 3.42. The first kappa shape index (κ1) is 13.1. The highest BCUT2D eigenvalue weighted by Gasteiger charge is 2.10. The maximum absolute atomic E-state index is 6.02. The quantitative estimate of drug-likeness (QED) is 0.733. The molecule has 0 aliphatic rings. The molecule has 2 aromatic carbocycles. The van der Waals surface area contributed by atoms with E-state index in [1.807, 2.05) is 0 Å². The van der Waals surface area contributed by atoms with Gasteiger partial charge in [-0.25, -0.2) is 4.98 Å². The van der Waals surface area contributed by atoms with Gasteiger partial charge in [-0.2, -0.15) is 0 Å². The fourth-order valence-electron chi connectivity index (χ4n) is 1.81. The lowest BCUT2D eigenvalue weighted by atomic mass is 10.3. The van der Waals surface area contributed by atoms with Gasteiger partial charge in [-0.1, -0.05) is 29.3 Å². The van der Waals surface area contributed by atoms with Crippen molar-refractivity contribution in [3.05, 3.63) is 52.3 Å². The van der Waals surface area contributed by atoms with Gasteiger partial charge in [0.15, 0.2) is 17.9 Å². The van der Waals surface area contributed by atoms with Gasteiger partial charge in [0.1, 0.15) is 5.52 Å². The molecule has 4 nitrogen and oxygen atoms in total. The number of nitrogens with zero attached hydrogens (tertiary/aromatic N) is 1. The highest BCUT2D eigenvalue weighted by molar-refractivity contribution is 6.37. The largest absolute Gasteiger partial charge is 0.481 e. The summed E-state index contributed by atoms with van der Waals surface area (Å²) in [5.41, 5.74) is 7.67. The Labute approximate surface area is 125 Å². The van der Waals surface area contributed by atoms with Gasteiger partial charge < -0.3 is 14.9 Å². The first-order valence-electron chi connectivity index (χ1n) is 5.85. The number of rotatable bonds is 3. The molecule has 0 unspecified atom stereocenters. The molecule has 0 bridgehead atoms. The molecule has 0 fully saturated rings. The number of halogens is 2. The van der Waals surface area contributed by atoms with Crippen molar-refractivity contribution >= 4 is 40.0 Å². The molecule has 2 N–H and O–H groups in total. The predicted molar refractivity (Wildman–Crippen MR) is 79.2 cm³/mol. The van der Waals surface area contributed by atoms with Crippen LogP contribution in [-0.2, 0) is 6.61 Å². The fraction of sp³-hybridized carbons (Fsp3) is 0.0714. The Bertz CT molecular complexity index is 751. The summed E-state index contributed by atoms with van der Waals surface area (Å²) in [4.78, 5) is 4.29. The molecule has 102 valence electrons. The van der Waals surface area contributed by atoms with Crippen LogP contribution in [0.25, 0.3) is 11.1 Å². The van der Waals surface area contributed by atoms with Gasteiger partial charge in [-0.15, -0.1) is 0 Å². The van der Waals surface area contributed by atoms with Gasteiger partial charge in [-0.3, -0.25) is 0 Å². The molecule has 0 aliphatic carbocycles. The Hall–Kier alpha value is -1.91. The van der Waals surface area contributed by atoms with Gasteiger partial charge >= 0.3 is 0 Å². The van der Waals surface area contributed by atoms with Crippen LogP contribution in [0.1, 0.15) is 5.89 Å². The van der Waals surface area contributed by atoms with Crippen LogP contribution < -0.4 is 10.5 Å². The Morgan fingerprint density at radius 2 is 1.90 bits per heavy atom. The van der Waals surface area contributed by atoms with Gasteiger partial charge in [0.05, 0.1) is 10.0 Å². The van der Waals surface area contributed by atoms with E-state index in [9.17, 15) is 0 Å². The number of aromatic nitrogens is 1. The van der Waals surface area contributed by atoms with E-state index in [-0.39, 0.29) is 6.61 Å². The van der Waals surface area contributed by atoms with Crippen LogP contribution in [0.3, 0.4) is 0 Å². The summed E-state index contributed by atoms with van der Waals surface area (Å²) in [6.07, 6.45) is 0. The normalized spacial score (nSPS) is 10.9. The maximum Gasteiger partial charge on any atom is 0.233 e. The summed E-state index contributed by atoms with van der Waals surface area (Å²) in [7, 11) is 0. The van der Waals surface area contributed by atoms with Crippen LogP contribution in [0.2, 0.25) is 10.0 Å². The van der Waals surface area contributed by atoms with E-state index in [0.717, 1.165) is 0 Å². The van der Waals surface area contributed by atoms with Crippen molar-refractivity contribution in [2.45, 2.75) is 6.61 Å². The highest BCUT2D eigenvalue weighted by Crippen LogP contribution is 2.33. The van der Waals surface area contributed by atoms with E-state index < -0.39 is 0 Å². The molecule has 1 aromatic heterocycles. The molecule has 0 amide bonds. The monoisotopic (exact) mass is 308 g/mol. The lowest BCUT2D eigenvalue weighted by Gasteiger charge is -2.07. The van der Waals surface area contributed by atoms with Crippen LogP contribution in [0, 0.1) is 0 Å². The van der Waals surface area contributed by atoms with Crippen molar-refractivity contribution in [2.75, 3.05) is 5.73 Å². The molecule has 0 saturated heterocycles. The minimum absolute atomic E-state index is 0.137. The molecule has 3 rings (SSSR count). The second-order valence-corrected chi connectivity index (χ2v) is 4.99. The number of benzene rings is 2. The van der Waals surface area contributed by atoms with Gasteiger partial charge in [-0.05, 0) is 30.3 Å². The lowest BCUT2D eigenvalue weighted by Crippen LogP contribution is -1.96. The number of ether oxygens (including phenoxy) is 1. The number of anilines is 1. The summed E-state index contributed by atoms with van der Waals surface area (Å²) >= 11 is 12.0. The molecule has 0 saturated carbocycles. The van der Waals surface area contributed by atoms with Crippen LogP contribution in [0.15, 0.2) is 40.8 Å². The molecular formula is C14H10Cl2N2O2. The van der Waals surface area contributed by atoms with Crippen molar-refractivity contribution in [2.24, 2.45) is 0 Å². The molecular weight excluding hydrogens is 299 g/mol. The molecule has 0 spiro atoms. The number of hydrogen-bond donors (Lipinski definition) is 1. The first-order valence-corrected chi connectivity index (χ1v) is 6.61. The average molecular weight is 309 g/mol. The third-order valence-electron chi connectivity index (χ3n) is 2.71. The highest BCUT2D eigenvalue weighted by atomic mass is 35.5. The Morgan fingerprint density at radius 1 is 1.15 bits per heavy atom. The van der Waals surface area contributed by atoms with Crippen LogP contribution >= 0.6 is 23.2 Å². The molecule has 20 heavy (non-hydrogen) atoms. The average Bonchev–Trinajstić information content (AvgIpc) is 2.80. The van der Waals surface area contributed by atoms with Crippen LogP contribution in [-0.4, -0.2) is 4.98 Å². The van der Waals surface area contributed by atoms with E-state index in [1.54, 1.807) is 36.4 Å². The number of hydrogen-bond acceptors (Lipinski definition) is 4. The molecule has 0 atom stereocenters. The Morgan fingerprint density at radius 3 is 2.65 bits per heavy atom. The van der Waals surface area contributed by atoms with E-state index in [2.05, 4.69) is 4.98 Å². The number of fused-ring (bicyclic) bond motifs is 1. The minimum atomic E-state index is 0.137. The van der Waals surface area contributed by atoms with Crippen LogP contribution in [0.4, 0.5) is 5.69 Å². The number of oxazole rings is 1. The number of para-hydroxylation sites is 1. The van der Waals surface area contributed by atoms with E-state index >= 15 is 0 Å².